The predicted molar refractivity (Wildman–Crippen MR) is 58.5 cm³/mol. The molecule has 0 aliphatic heterocycles. The van der Waals surface area contributed by atoms with Crippen LogP contribution < -0.4 is 0 Å². The molecule has 3 nitrogen and oxygen atoms in total. The fraction of sp³-hybridized carbons (Fsp3) is 0.500. The Hall–Kier alpha value is -1.38. The smallest absolute Gasteiger partial charge is 0.306 e. The number of rotatable bonds is 5. The second-order valence-electron chi connectivity index (χ2n) is 3.39. The van der Waals surface area contributed by atoms with E-state index >= 15 is 0 Å². The van der Waals surface area contributed by atoms with E-state index in [1.165, 1.54) is 0 Å². The third-order valence-electron chi connectivity index (χ3n) is 2.39. The number of pyridine rings is 1. The Bertz CT molecular complexity index is 298. The van der Waals surface area contributed by atoms with Crippen molar-refractivity contribution in [2.45, 2.75) is 32.6 Å². The Kier molecular flexibility index (Phi) is 4.81. The van der Waals surface area contributed by atoms with Gasteiger partial charge in [-0.25, -0.2) is 0 Å². The molecule has 0 aromatic carbocycles. The quantitative estimate of drug-likeness (QED) is 0.696. The lowest BCUT2D eigenvalue weighted by Crippen LogP contribution is -2.10. The molecule has 82 valence electrons. The molecule has 0 amide bonds. The molecule has 0 spiro atoms. The Morgan fingerprint density at radius 2 is 2.07 bits per heavy atom. The van der Waals surface area contributed by atoms with E-state index in [2.05, 4.69) is 11.9 Å². The van der Waals surface area contributed by atoms with Crippen LogP contribution in [0.15, 0.2) is 24.5 Å². The number of nitrogens with zero attached hydrogens (tertiary/aromatic N) is 1. The zero-order valence-electron chi connectivity index (χ0n) is 9.27. The van der Waals surface area contributed by atoms with Crippen molar-refractivity contribution in [3.63, 3.8) is 0 Å². The van der Waals surface area contributed by atoms with Crippen LogP contribution in [0.4, 0.5) is 0 Å². The summed E-state index contributed by atoms with van der Waals surface area (Å²) in [7, 11) is 0. The molecule has 1 heterocycles. The number of hydrogen-bond donors (Lipinski definition) is 0. The molecule has 1 unspecified atom stereocenters. The third-order valence-corrected chi connectivity index (χ3v) is 2.39. The number of aromatic nitrogens is 1. The van der Waals surface area contributed by atoms with E-state index < -0.39 is 0 Å². The van der Waals surface area contributed by atoms with E-state index in [-0.39, 0.29) is 11.9 Å². The molecular formula is C12H17NO2. The molecule has 1 atom stereocenters. The fourth-order valence-corrected chi connectivity index (χ4v) is 1.55. The highest BCUT2D eigenvalue weighted by Crippen LogP contribution is 2.22. The summed E-state index contributed by atoms with van der Waals surface area (Å²) >= 11 is 0. The van der Waals surface area contributed by atoms with Crippen molar-refractivity contribution in [3.05, 3.63) is 30.1 Å². The van der Waals surface area contributed by atoms with Gasteiger partial charge in [0.15, 0.2) is 0 Å². The number of hydrogen-bond acceptors (Lipinski definition) is 3. The molecule has 0 saturated heterocycles. The van der Waals surface area contributed by atoms with Gasteiger partial charge in [0.25, 0.3) is 0 Å². The highest BCUT2D eigenvalue weighted by molar-refractivity contribution is 5.70. The molecular weight excluding hydrogens is 190 g/mol. The summed E-state index contributed by atoms with van der Waals surface area (Å²) < 4.78 is 4.94. The first-order valence-electron chi connectivity index (χ1n) is 5.33. The Morgan fingerprint density at radius 1 is 1.40 bits per heavy atom. The first-order chi connectivity index (χ1) is 7.27. The van der Waals surface area contributed by atoms with Gasteiger partial charge < -0.3 is 4.74 Å². The Labute approximate surface area is 90.5 Å². The van der Waals surface area contributed by atoms with Crippen LogP contribution in [0, 0.1) is 0 Å². The number of ether oxygens (including phenoxy) is 1. The summed E-state index contributed by atoms with van der Waals surface area (Å²) in [5.74, 6) is 0.119. The summed E-state index contributed by atoms with van der Waals surface area (Å²) in [5, 5.41) is 0. The lowest BCUT2D eigenvalue weighted by Gasteiger charge is -2.13. The van der Waals surface area contributed by atoms with Crippen molar-refractivity contribution in [2.24, 2.45) is 0 Å². The second-order valence-corrected chi connectivity index (χ2v) is 3.39. The van der Waals surface area contributed by atoms with Crippen LogP contribution in [0.1, 0.15) is 38.2 Å². The van der Waals surface area contributed by atoms with Gasteiger partial charge in [-0.05, 0) is 37.0 Å². The van der Waals surface area contributed by atoms with Crippen molar-refractivity contribution < 1.29 is 9.53 Å². The van der Waals surface area contributed by atoms with Crippen LogP contribution in [0.5, 0.6) is 0 Å². The topological polar surface area (TPSA) is 39.2 Å². The molecule has 1 aromatic heterocycles. The van der Waals surface area contributed by atoms with Crippen LogP contribution in [0.3, 0.4) is 0 Å². The molecule has 0 radical (unpaired) electrons. The first-order valence-corrected chi connectivity index (χ1v) is 5.33. The van der Waals surface area contributed by atoms with Crippen LogP contribution in [0.25, 0.3) is 0 Å². The molecule has 1 aromatic rings. The molecule has 0 N–H and O–H groups in total. The Morgan fingerprint density at radius 3 is 2.60 bits per heavy atom. The summed E-state index contributed by atoms with van der Waals surface area (Å²) in [6.45, 7) is 4.35. The van der Waals surface area contributed by atoms with Crippen molar-refractivity contribution in [3.8, 4) is 0 Å². The maximum Gasteiger partial charge on any atom is 0.306 e. The van der Waals surface area contributed by atoms with Gasteiger partial charge in [-0.3, -0.25) is 9.78 Å². The summed E-state index contributed by atoms with van der Waals surface area (Å²) in [6.07, 6.45) is 4.89. The van der Waals surface area contributed by atoms with Gasteiger partial charge >= 0.3 is 5.97 Å². The lowest BCUT2D eigenvalue weighted by atomic mass is 9.94. The number of carbonyl (C=O) groups is 1. The summed E-state index contributed by atoms with van der Waals surface area (Å²) in [4.78, 5) is 15.3. The second kappa shape index (κ2) is 6.17. The molecule has 0 saturated carbocycles. The minimum atomic E-state index is -0.124. The zero-order valence-corrected chi connectivity index (χ0v) is 9.27. The van der Waals surface area contributed by atoms with E-state index in [0.717, 1.165) is 12.0 Å². The van der Waals surface area contributed by atoms with E-state index in [1.54, 1.807) is 12.4 Å². The first kappa shape index (κ1) is 11.7. The summed E-state index contributed by atoms with van der Waals surface area (Å²) in [5.41, 5.74) is 1.15. The van der Waals surface area contributed by atoms with Gasteiger partial charge in [-0.2, -0.15) is 0 Å². The minimum Gasteiger partial charge on any atom is -0.466 e. The summed E-state index contributed by atoms with van der Waals surface area (Å²) in [6, 6.07) is 3.90. The van der Waals surface area contributed by atoms with E-state index in [0.29, 0.717) is 13.0 Å². The van der Waals surface area contributed by atoms with E-state index in [9.17, 15) is 4.79 Å². The fourth-order valence-electron chi connectivity index (χ4n) is 1.55. The Balaban J connectivity index is 2.61. The average Bonchev–Trinajstić information content (AvgIpc) is 2.27. The highest BCUT2D eigenvalue weighted by atomic mass is 16.5. The van der Waals surface area contributed by atoms with Gasteiger partial charge in [-0.15, -0.1) is 0 Å². The SMILES string of the molecule is CCOC(=O)CC(CC)c1ccncc1. The molecule has 15 heavy (non-hydrogen) atoms. The molecule has 1 rings (SSSR count). The normalized spacial score (nSPS) is 12.1. The van der Waals surface area contributed by atoms with Crippen molar-refractivity contribution in [1.82, 2.24) is 4.98 Å². The third kappa shape index (κ3) is 3.70. The van der Waals surface area contributed by atoms with Gasteiger partial charge in [-0.1, -0.05) is 6.92 Å². The van der Waals surface area contributed by atoms with Crippen molar-refractivity contribution in [1.29, 1.82) is 0 Å². The number of esters is 1. The molecule has 3 heteroatoms. The predicted octanol–water partition coefficient (Wildman–Crippen LogP) is 2.53. The van der Waals surface area contributed by atoms with Gasteiger partial charge in [0.1, 0.15) is 0 Å². The van der Waals surface area contributed by atoms with Crippen molar-refractivity contribution >= 4 is 5.97 Å². The van der Waals surface area contributed by atoms with E-state index in [1.807, 2.05) is 19.1 Å². The lowest BCUT2D eigenvalue weighted by molar-refractivity contribution is -0.143. The highest BCUT2D eigenvalue weighted by Gasteiger charge is 2.14. The molecule has 0 fully saturated rings. The van der Waals surface area contributed by atoms with E-state index in [4.69, 9.17) is 4.74 Å². The average molecular weight is 207 g/mol. The van der Waals surface area contributed by atoms with Gasteiger partial charge in [0.05, 0.1) is 13.0 Å². The zero-order chi connectivity index (χ0) is 11.1. The largest absolute Gasteiger partial charge is 0.466 e. The van der Waals surface area contributed by atoms with Crippen LogP contribution in [0.2, 0.25) is 0 Å². The van der Waals surface area contributed by atoms with Gasteiger partial charge in [0.2, 0.25) is 0 Å². The minimum absolute atomic E-state index is 0.124. The standard InChI is InChI=1S/C12H17NO2/c1-3-10(9-12(14)15-4-2)11-5-7-13-8-6-11/h5-8,10H,3-4,9H2,1-2H3. The maximum absolute atomic E-state index is 11.3. The number of carbonyl (C=O) groups excluding carboxylic acids is 1. The molecule has 0 aliphatic carbocycles. The van der Waals surface area contributed by atoms with Crippen LogP contribution >= 0.6 is 0 Å². The maximum atomic E-state index is 11.3. The van der Waals surface area contributed by atoms with Gasteiger partial charge in [0, 0.05) is 12.4 Å². The van der Waals surface area contributed by atoms with Crippen LogP contribution in [-0.2, 0) is 9.53 Å². The van der Waals surface area contributed by atoms with Crippen molar-refractivity contribution in [2.75, 3.05) is 6.61 Å². The molecule has 0 aliphatic rings. The molecule has 0 bridgehead atoms. The van der Waals surface area contributed by atoms with Crippen LogP contribution in [-0.4, -0.2) is 17.6 Å². The monoisotopic (exact) mass is 207 g/mol.